The first-order valence-electron chi connectivity index (χ1n) is 7.66. The van der Waals surface area contributed by atoms with Gasteiger partial charge in [-0.3, -0.25) is 4.79 Å². The van der Waals surface area contributed by atoms with Gasteiger partial charge in [-0.2, -0.15) is 5.26 Å². The van der Waals surface area contributed by atoms with Crippen LogP contribution in [0.3, 0.4) is 0 Å². The monoisotopic (exact) mass is 333 g/mol. The van der Waals surface area contributed by atoms with Gasteiger partial charge in [0.25, 0.3) is 5.91 Å². The van der Waals surface area contributed by atoms with Crippen LogP contribution in [-0.2, 0) is 9.53 Å². The Balaban J connectivity index is 1.66. The van der Waals surface area contributed by atoms with Gasteiger partial charge in [0, 0.05) is 16.6 Å². The first kappa shape index (κ1) is 16.3. The Kier molecular flexibility index (Phi) is 4.48. The van der Waals surface area contributed by atoms with Crippen LogP contribution >= 0.6 is 0 Å². The van der Waals surface area contributed by atoms with Crippen LogP contribution in [0.4, 0.5) is 5.69 Å². The minimum atomic E-state index is -0.982. The molecular weight excluding hydrogens is 318 g/mol. The van der Waals surface area contributed by atoms with Crippen molar-refractivity contribution in [3.63, 3.8) is 0 Å². The Hall–Kier alpha value is -3.59. The van der Waals surface area contributed by atoms with Crippen LogP contribution in [0.2, 0.25) is 0 Å². The van der Waals surface area contributed by atoms with E-state index in [4.69, 9.17) is 10.00 Å². The van der Waals surface area contributed by atoms with E-state index in [2.05, 4.69) is 10.3 Å². The molecule has 1 atom stereocenters. The predicted octanol–water partition coefficient (Wildman–Crippen LogP) is 3.22. The Morgan fingerprint density at radius 1 is 1.16 bits per heavy atom. The van der Waals surface area contributed by atoms with Crippen molar-refractivity contribution >= 4 is 28.5 Å². The standard InChI is InChI=1S/C19H15N3O3/c1-12(18(23)21-15-7-4-5-13(9-15)11-20)25-19(24)17-10-14-6-2-3-8-16(14)22-17/h2-10,12,22H,1H3,(H,21,23). The van der Waals surface area contributed by atoms with Crippen molar-refractivity contribution in [1.82, 2.24) is 4.98 Å². The maximum atomic E-state index is 12.2. The number of carbonyl (C=O) groups excluding carboxylic acids is 2. The molecule has 0 aliphatic heterocycles. The smallest absolute Gasteiger partial charge is 0.355 e. The molecule has 0 fully saturated rings. The molecule has 2 aromatic carbocycles. The van der Waals surface area contributed by atoms with Crippen LogP contribution < -0.4 is 5.32 Å². The van der Waals surface area contributed by atoms with Crippen molar-refractivity contribution in [2.75, 3.05) is 5.32 Å². The first-order valence-corrected chi connectivity index (χ1v) is 7.66. The number of benzene rings is 2. The second-order valence-electron chi connectivity index (χ2n) is 5.50. The lowest BCUT2D eigenvalue weighted by atomic mass is 10.2. The minimum absolute atomic E-state index is 0.285. The Labute approximate surface area is 144 Å². The molecule has 2 N–H and O–H groups in total. The van der Waals surface area contributed by atoms with E-state index in [-0.39, 0.29) is 5.69 Å². The summed E-state index contributed by atoms with van der Waals surface area (Å²) in [5.74, 6) is -1.08. The number of hydrogen-bond acceptors (Lipinski definition) is 4. The predicted molar refractivity (Wildman–Crippen MR) is 93.0 cm³/mol. The summed E-state index contributed by atoms with van der Waals surface area (Å²) < 4.78 is 5.21. The third-order valence-electron chi connectivity index (χ3n) is 3.66. The van der Waals surface area contributed by atoms with Crippen LogP contribution in [-0.4, -0.2) is 23.0 Å². The molecule has 0 spiro atoms. The second-order valence-corrected chi connectivity index (χ2v) is 5.50. The van der Waals surface area contributed by atoms with Gasteiger partial charge in [-0.25, -0.2) is 4.79 Å². The topological polar surface area (TPSA) is 95.0 Å². The van der Waals surface area contributed by atoms with Crippen molar-refractivity contribution in [2.24, 2.45) is 0 Å². The highest BCUT2D eigenvalue weighted by atomic mass is 16.5. The number of anilines is 1. The summed E-state index contributed by atoms with van der Waals surface area (Å²) in [6.45, 7) is 1.49. The SMILES string of the molecule is CC(OC(=O)c1cc2ccccc2[nH]1)C(=O)Nc1cccc(C#N)c1. The highest BCUT2D eigenvalue weighted by molar-refractivity contribution is 5.98. The highest BCUT2D eigenvalue weighted by Crippen LogP contribution is 2.16. The molecule has 6 nitrogen and oxygen atoms in total. The fourth-order valence-electron chi connectivity index (χ4n) is 2.37. The van der Waals surface area contributed by atoms with Crippen molar-refractivity contribution < 1.29 is 14.3 Å². The van der Waals surface area contributed by atoms with Crippen LogP contribution in [0.25, 0.3) is 10.9 Å². The molecule has 124 valence electrons. The second kappa shape index (κ2) is 6.89. The van der Waals surface area contributed by atoms with E-state index in [1.165, 1.54) is 6.92 Å². The van der Waals surface area contributed by atoms with Gasteiger partial charge in [0.1, 0.15) is 5.69 Å². The van der Waals surface area contributed by atoms with Crippen LogP contribution in [0.15, 0.2) is 54.6 Å². The van der Waals surface area contributed by atoms with E-state index in [1.54, 1.807) is 30.3 Å². The van der Waals surface area contributed by atoms with Gasteiger partial charge >= 0.3 is 5.97 Å². The van der Waals surface area contributed by atoms with E-state index in [0.29, 0.717) is 11.3 Å². The number of rotatable bonds is 4. The number of nitrogens with zero attached hydrogens (tertiary/aromatic N) is 1. The zero-order valence-corrected chi connectivity index (χ0v) is 13.4. The third kappa shape index (κ3) is 3.67. The molecule has 3 aromatic rings. The van der Waals surface area contributed by atoms with E-state index in [1.807, 2.05) is 30.3 Å². The number of aromatic nitrogens is 1. The van der Waals surface area contributed by atoms with E-state index in [9.17, 15) is 9.59 Å². The summed E-state index contributed by atoms with van der Waals surface area (Å²) in [7, 11) is 0. The zero-order chi connectivity index (χ0) is 17.8. The first-order chi connectivity index (χ1) is 12.1. The number of amides is 1. The number of aromatic amines is 1. The largest absolute Gasteiger partial charge is 0.448 e. The molecular formula is C19H15N3O3. The molecule has 1 heterocycles. The Morgan fingerprint density at radius 2 is 1.96 bits per heavy atom. The average molecular weight is 333 g/mol. The molecule has 0 aliphatic rings. The summed E-state index contributed by atoms with van der Waals surface area (Å²) in [5, 5.41) is 12.4. The van der Waals surface area contributed by atoms with E-state index < -0.39 is 18.0 Å². The summed E-state index contributed by atoms with van der Waals surface area (Å²) in [6.07, 6.45) is -0.982. The molecule has 25 heavy (non-hydrogen) atoms. The lowest BCUT2D eigenvalue weighted by molar-refractivity contribution is -0.123. The average Bonchev–Trinajstić information content (AvgIpc) is 3.06. The number of ether oxygens (including phenoxy) is 1. The molecule has 6 heteroatoms. The molecule has 0 bridgehead atoms. The summed E-state index contributed by atoms with van der Waals surface area (Å²) in [6, 6.07) is 17.6. The number of nitriles is 1. The number of hydrogen-bond donors (Lipinski definition) is 2. The Bertz CT molecular complexity index is 952. The minimum Gasteiger partial charge on any atom is -0.448 e. The van der Waals surface area contributed by atoms with Crippen molar-refractivity contribution in [3.05, 3.63) is 65.9 Å². The number of para-hydroxylation sites is 1. The number of esters is 1. The quantitative estimate of drug-likeness (QED) is 0.717. The van der Waals surface area contributed by atoms with Crippen LogP contribution in [0, 0.1) is 11.3 Å². The van der Waals surface area contributed by atoms with E-state index >= 15 is 0 Å². The molecule has 0 aliphatic carbocycles. The molecule has 0 saturated heterocycles. The Morgan fingerprint density at radius 3 is 2.72 bits per heavy atom. The zero-order valence-electron chi connectivity index (χ0n) is 13.4. The number of carbonyl (C=O) groups is 2. The fourth-order valence-corrected chi connectivity index (χ4v) is 2.37. The highest BCUT2D eigenvalue weighted by Gasteiger charge is 2.20. The molecule has 0 radical (unpaired) electrons. The summed E-state index contributed by atoms with van der Waals surface area (Å²) in [4.78, 5) is 27.3. The summed E-state index contributed by atoms with van der Waals surface area (Å²) >= 11 is 0. The van der Waals surface area contributed by atoms with Gasteiger partial charge in [-0.1, -0.05) is 24.3 Å². The molecule has 1 amide bonds. The lowest BCUT2D eigenvalue weighted by Gasteiger charge is -2.13. The molecule has 3 rings (SSSR count). The van der Waals surface area contributed by atoms with Gasteiger partial charge in [-0.15, -0.1) is 0 Å². The molecule has 0 saturated carbocycles. The number of nitrogens with one attached hydrogen (secondary N) is 2. The number of fused-ring (bicyclic) bond motifs is 1. The third-order valence-corrected chi connectivity index (χ3v) is 3.66. The van der Waals surface area contributed by atoms with Crippen LogP contribution in [0.5, 0.6) is 0 Å². The van der Waals surface area contributed by atoms with Crippen molar-refractivity contribution in [2.45, 2.75) is 13.0 Å². The summed E-state index contributed by atoms with van der Waals surface area (Å²) in [5.41, 5.74) is 2.00. The molecule has 1 unspecified atom stereocenters. The van der Waals surface area contributed by atoms with Crippen molar-refractivity contribution in [1.29, 1.82) is 5.26 Å². The maximum Gasteiger partial charge on any atom is 0.355 e. The van der Waals surface area contributed by atoms with Gasteiger partial charge in [-0.05, 0) is 37.3 Å². The van der Waals surface area contributed by atoms with Gasteiger partial charge < -0.3 is 15.0 Å². The fraction of sp³-hybridized carbons (Fsp3) is 0.105. The van der Waals surface area contributed by atoms with Crippen molar-refractivity contribution in [3.8, 4) is 6.07 Å². The van der Waals surface area contributed by atoms with Crippen LogP contribution in [0.1, 0.15) is 23.0 Å². The maximum absolute atomic E-state index is 12.2. The lowest BCUT2D eigenvalue weighted by Crippen LogP contribution is -2.30. The van der Waals surface area contributed by atoms with E-state index in [0.717, 1.165) is 10.9 Å². The molecule has 1 aromatic heterocycles. The number of H-pyrrole nitrogens is 1. The van der Waals surface area contributed by atoms with Gasteiger partial charge in [0.2, 0.25) is 0 Å². The van der Waals surface area contributed by atoms with Gasteiger partial charge in [0.15, 0.2) is 6.10 Å². The normalized spacial score (nSPS) is 11.5. The van der Waals surface area contributed by atoms with Gasteiger partial charge in [0.05, 0.1) is 11.6 Å².